The number of thiophene rings is 1. The van der Waals surface area contributed by atoms with Crippen molar-refractivity contribution in [3.8, 4) is 0 Å². The molecule has 1 N–H and O–H groups in total. The van der Waals surface area contributed by atoms with Gasteiger partial charge < -0.3 is 5.11 Å². The number of hydrogen-bond donors (Lipinski definition) is 1. The van der Waals surface area contributed by atoms with Crippen molar-refractivity contribution in [3.63, 3.8) is 0 Å². The highest BCUT2D eigenvalue weighted by atomic mass is 32.1. The normalized spacial score (nSPS) is 20.7. The Morgan fingerprint density at radius 1 is 1.42 bits per heavy atom. The molecule has 100 valence electrons. The third-order valence-electron chi connectivity index (χ3n) is 3.81. The highest BCUT2D eigenvalue weighted by molar-refractivity contribution is 7.17. The van der Waals surface area contributed by atoms with E-state index in [0.717, 1.165) is 25.9 Å². The van der Waals surface area contributed by atoms with Crippen molar-refractivity contribution < 1.29 is 9.90 Å². The van der Waals surface area contributed by atoms with Gasteiger partial charge in [-0.25, -0.2) is 0 Å². The largest absolute Gasteiger partial charge is 0.481 e. The highest BCUT2D eigenvalue weighted by Gasteiger charge is 2.25. The van der Waals surface area contributed by atoms with E-state index in [-0.39, 0.29) is 5.92 Å². The van der Waals surface area contributed by atoms with Gasteiger partial charge in [0.05, 0.1) is 5.92 Å². The van der Waals surface area contributed by atoms with Gasteiger partial charge in [-0.3, -0.25) is 9.69 Å². The zero-order valence-corrected chi connectivity index (χ0v) is 11.5. The van der Waals surface area contributed by atoms with E-state index in [2.05, 4.69) is 34.5 Å². The second-order valence-corrected chi connectivity index (χ2v) is 6.08. The van der Waals surface area contributed by atoms with Crippen LogP contribution in [0.4, 0.5) is 0 Å². The Morgan fingerprint density at radius 2 is 2.26 bits per heavy atom. The van der Waals surface area contributed by atoms with Crippen molar-refractivity contribution in [2.45, 2.75) is 19.4 Å². The molecule has 1 aromatic heterocycles. The van der Waals surface area contributed by atoms with Gasteiger partial charge in [0.2, 0.25) is 0 Å². The minimum atomic E-state index is -0.653. The van der Waals surface area contributed by atoms with Crippen molar-refractivity contribution in [3.05, 3.63) is 35.2 Å². The summed E-state index contributed by atoms with van der Waals surface area (Å²) in [5, 5.41) is 12.6. The van der Waals surface area contributed by atoms with Crippen LogP contribution in [0, 0.1) is 5.92 Å². The SMILES string of the molecule is O=C(O)C1CCCN(Cc2csc3ccccc23)C1. The summed E-state index contributed by atoms with van der Waals surface area (Å²) in [4.78, 5) is 13.4. The molecule has 3 rings (SSSR count). The van der Waals surface area contributed by atoms with Crippen LogP contribution in [-0.4, -0.2) is 29.1 Å². The maximum absolute atomic E-state index is 11.1. The Hall–Kier alpha value is -1.39. The Bertz CT molecular complexity index is 593. The second kappa shape index (κ2) is 5.31. The average molecular weight is 275 g/mol. The molecule has 2 aromatic rings. The maximum Gasteiger partial charge on any atom is 0.307 e. The van der Waals surface area contributed by atoms with Gasteiger partial charge in [-0.2, -0.15) is 0 Å². The standard InChI is InChI=1S/C15H17NO2S/c17-15(18)11-4-3-7-16(8-11)9-12-10-19-14-6-2-1-5-13(12)14/h1-2,5-6,10-11H,3-4,7-9H2,(H,17,18). The zero-order chi connectivity index (χ0) is 13.2. The fourth-order valence-electron chi connectivity index (χ4n) is 2.80. The van der Waals surface area contributed by atoms with Gasteiger partial charge >= 0.3 is 5.97 Å². The number of carboxylic acid groups (broad SMARTS) is 1. The lowest BCUT2D eigenvalue weighted by molar-refractivity contribution is -0.143. The lowest BCUT2D eigenvalue weighted by atomic mass is 9.98. The first-order valence-electron chi connectivity index (χ1n) is 6.64. The van der Waals surface area contributed by atoms with Crippen molar-refractivity contribution in [2.24, 2.45) is 5.92 Å². The molecule has 0 radical (unpaired) electrons. The van der Waals surface area contributed by atoms with Gasteiger partial charge in [-0.1, -0.05) is 18.2 Å². The first-order valence-corrected chi connectivity index (χ1v) is 7.52. The monoisotopic (exact) mass is 275 g/mol. The molecule has 4 heteroatoms. The number of nitrogens with zero attached hydrogens (tertiary/aromatic N) is 1. The van der Waals surface area contributed by atoms with Crippen LogP contribution in [0.5, 0.6) is 0 Å². The molecule has 2 heterocycles. The Morgan fingerprint density at radius 3 is 3.11 bits per heavy atom. The van der Waals surface area contributed by atoms with Crippen LogP contribution in [0.1, 0.15) is 18.4 Å². The molecule has 0 amide bonds. The summed E-state index contributed by atoms with van der Waals surface area (Å²) < 4.78 is 1.31. The molecule has 1 unspecified atom stereocenters. The number of benzene rings is 1. The Kier molecular flexibility index (Phi) is 3.53. The molecular weight excluding hydrogens is 258 g/mol. The number of aliphatic carboxylic acids is 1. The number of likely N-dealkylation sites (tertiary alicyclic amines) is 1. The molecule has 1 aliphatic rings. The zero-order valence-electron chi connectivity index (χ0n) is 10.7. The predicted molar refractivity (Wildman–Crippen MR) is 77.5 cm³/mol. The molecule has 0 aliphatic carbocycles. The molecule has 1 saturated heterocycles. The lowest BCUT2D eigenvalue weighted by Crippen LogP contribution is -2.38. The summed E-state index contributed by atoms with van der Waals surface area (Å²) in [7, 11) is 0. The molecule has 0 spiro atoms. The molecule has 3 nitrogen and oxygen atoms in total. The van der Waals surface area contributed by atoms with E-state index in [9.17, 15) is 4.79 Å². The van der Waals surface area contributed by atoms with Gasteiger partial charge in [0.15, 0.2) is 0 Å². The van der Waals surface area contributed by atoms with E-state index in [1.807, 2.05) is 0 Å². The van der Waals surface area contributed by atoms with Crippen molar-refractivity contribution in [2.75, 3.05) is 13.1 Å². The molecular formula is C15H17NO2S. The van der Waals surface area contributed by atoms with Gasteiger partial charge in [0.25, 0.3) is 0 Å². The van der Waals surface area contributed by atoms with E-state index in [1.54, 1.807) is 11.3 Å². The fourth-order valence-corrected chi connectivity index (χ4v) is 3.75. The first kappa shape index (κ1) is 12.6. The summed E-state index contributed by atoms with van der Waals surface area (Å²) in [6.07, 6.45) is 1.80. The number of fused-ring (bicyclic) bond motifs is 1. The number of carbonyl (C=O) groups is 1. The molecule has 19 heavy (non-hydrogen) atoms. The van der Waals surface area contributed by atoms with Gasteiger partial charge in [-0.15, -0.1) is 11.3 Å². The van der Waals surface area contributed by atoms with Crippen molar-refractivity contribution in [1.29, 1.82) is 0 Å². The minimum absolute atomic E-state index is 0.196. The maximum atomic E-state index is 11.1. The van der Waals surface area contributed by atoms with Crippen LogP contribution >= 0.6 is 11.3 Å². The molecule has 1 aliphatic heterocycles. The summed E-state index contributed by atoms with van der Waals surface area (Å²) in [5.74, 6) is -0.849. The van der Waals surface area contributed by atoms with Crippen LogP contribution in [-0.2, 0) is 11.3 Å². The van der Waals surface area contributed by atoms with E-state index < -0.39 is 5.97 Å². The topological polar surface area (TPSA) is 40.5 Å². The van der Waals surface area contributed by atoms with Crippen LogP contribution < -0.4 is 0 Å². The van der Waals surface area contributed by atoms with Crippen LogP contribution in [0.2, 0.25) is 0 Å². The number of hydrogen-bond acceptors (Lipinski definition) is 3. The van der Waals surface area contributed by atoms with Crippen molar-refractivity contribution >= 4 is 27.4 Å². The average Bonchev–Trinajstić information content (AvgIpc) is 2.83. The van der Waals surface area contributed by atoms with E-state index in [4.69, 9.17) is 5.11 Å². The van der Waals surface area contributed by atoms with E-state index in [0.29, 0.717) is 6.54 Å². The predicted octanol–water partition coefficient (Wildman–Crippen LogP) is 3.20. The van der Waals surface area contributed by atoms with Gasteiger partial charge in [0, 0.05) is 17.8 Å². The van der Waals surface area contributed by atoms with Gasteiger partial charge in [0.1, 0.15) is 0 Å². The third-order valence-corrected chi connectivity index (χ3v) is 4.82. The Labute approximate surface area is 116 Å². The molecule has 1 atom stereocenters. The quantitative estimate of drug-likeness (QED) is 0.935. The van der Waals surface area contributed by atoms with Gasteiger partial charge in [-0.05, 0) is 41.8 Å². The first-order chi connectivity index (χ1) is 9.24. The van der Waals surface area contributed by atoms with E-state index in [1.165, 1.54) is 15.6 Å². The third kappa shape index (κ3) is 2.65. The number of carboxylic acids is 1. The number of rotatable bonds is 3. The summed E-state index contributed by atoms with van der Waals surface area (Å²) >= 11 is 1.77. The van der Waals surface area contributed by atoms with Crippen molar-refractivity contribution in [1.82, 2.24) is 4.90 Å². The smallest absolute Gasteiger partial charge is 0.307 e. The second-order valence-electron chi connectivity index (χ2n) is 5.17. The fraction of sp³-hybridized carbons (Fsp3) is 0.400. The number of piperidine rings is 1. The lowest BCUT2D eigenvalue weighted by Gasteiger charge is -2.30. The minimum Gasteiger partial charge on any atom is -0.481 e. The highest BCUT2D eigenvalue weighted by Crippen LogP contribution is 2.28. The molecule has 0 saturated carbocycles. The van der Waals surface area contributed by atoms with Crippen LogP contribution in [0.15, 0.2) is 29.6 Å². The summed E-state index contributed by atoms with van der Waals surface area (Å²) in [6, 6.07) is 8.42. The molecule has 1 aromatic carbocycles. The molecule has 1 fully saturated rings. The van der Waals surface area contributed by atoms with Crippen LogP contribution in [0.3, 0.4) is 0 Å². The van der Waals surface area contributed by atoms with E-state index >= 15 is 0 Å². The summed E-state index contributed by atoms with van der Waals surface area (Å²) in [5.41, 5.74) is 1.33. The van der Waals surface area contributed by atoms with Crippen LogP contribution in [0.25, 0.3) is 10.1 Å². The summed E-state index contributed by atoms with van der Waals surface area (Å²) in [6.45, 7) is 2.56. The molecule has 0 bridgehead atoms. The Balaban J connectivity index is 1.76.